The van der Waals surface area contributed by atoms with Crippen molar-refractivity contribution in [2.75, 3.05) is 13.1 Å². The number of rotatable bonds is 5. The fourth-order valence-corrected chi connectivity index (χ4v) is 1.83. The first-order valence-electron chi connectivity index (χ1n) is 5.79. The van der Waals surface area contributed by atoms with Crippen LogP contribution in [0.15, 0.2) is 0 Å². The Morgan fingerprint density at radius 2 is 2.13 bits per heavy atom. The second-order valence-electron chi connectivity index (χ2n) is 4.52. The average molecular weight is 214 g/mol. The van der Waals surface area contributed by atoms with Crippen molar-refractivity contribution in [3.8, 4) is 0 Å². The molecule has 0 aromatic heterocycles. The summed E-state index contributed by atoms with van der Waals surface area (Å²) in [6.07, 6.45) is 3.48. The molecule has 3 N–H and O–H groups in total. The molecule has 0 saturated carbocycles. The first-order chi connectivity index (χ1) is 7.02. The Morgan fingerprint density at radius 3 is 2.60 bits per heavy atom. The maximum Gasteiger partial charge on any atom is 0.239 e. The molecule has 1 amide bonds. The van der Waals surface area contributed by atoms with E-state index in [1.54, 1.807) is 4.90 Å². The minimum absolute atomic E-state index is 0.0124. The van der Waals surface area contributed by atoms with E-state index in [-0.39, 0.29) is 11.9 Å². The highest BCUT2D eigenvalue weighted by molar-refractivity contribution is 5.82. The SMILES string of the molecule is CCCC[C@H](N)C(=O)N1CC(O)(CC)C1. The molecule has 0 spiro atoms. The first kappa shape index (κ1) is 12.5. The Hall–Kier alpha value is -0.610. The van der Waals surface area contributed by atoms with Gasteiger partial charge < -0.3 is 15.7 Å². The van der Waals surface area contributed by atoms with Crippen LogP contribution in [0.3, 0.4) is 0 Å². The fourth-order valence-electron chi connectivity index (χ4n) is 1.83. The maximum atomic E-state index is 11.7. The summed E-state index contributed by atoms with van der Waals surface area (Å²) in [5, 5.41) is 9.76. The van der Waals surface area contributed by atoms with Gasteiger partial charge in [0, 0.05) is 0 Å². The van der Waals surface area contributed by atoms with Gasteiger partial charge in [0.1, 0.15) is 0 Å². The largest absolute Gasteiger partial charge is 0.386 e. The number of carbonyl (C=O) groups is 1. The predicted octanol–water partition coefficient (Wildman–Crippen LogP) is 0.487. The molecule has 1 heterocycles. The van der Waals surface area contributed by atoms with Crippen LogP contribution in [0.25, 0.3) is 0 Å². The second kappa shape index (κ2) is 4.94. The van der Waals surface area contributed by atoms with Gasteiger partial charge in [-0.05, 0) is 12.8 Å². The van der Waals surface area contributed by atoms with Gasteiger partial charge in [0.2, 0.25) is 5.91 Å². The van der Waals surface area contributed by atoms with Gasteiger partial charge in [0.05, 0.1) is 24.7 Å². The van der Waals surface area contributed by atoms with E-state index in [1.165, 1.54) is 0 Å². The molecule has 1 aliphatic heterocycles. The average Bonchev–Trinajstić information content (AvgIpc) is 2.20. The lowest BCUT2D eigenvalue weighted by atomic mass is 9.90. The highest BCUT2D eigenvalue weighted by Crippen LogP contribution is 2.24. The summed E-state index contributed by atoms with van der Waals surface area (Å²) in [4.78, 5) is 13.4. The molecule has 4 heteroatoms. The third-order valence-corrected chi connectivity index (χ3v) is 3.13. The molecule has 1 rings (SSSR count). The highest BCUT2D eigenvalue weighted by atomic mass is 16.3. The molecule has 88 valence electrons. The summed E-state index contributed by atoms with van der Waals surface area (Å²) in [6.45, 7) is 4.90. The quantitative estimate of drug-likeness (QED) is 0.700. The van der Waals surface area contributed by atoms with Crippen LogP contribution < -0.4 is 5.73 Å². The van der Waals surface area contributed by atoms with E-state index in [0.717, 1.165) is 19.3 Å². The minimum Gasteiger partial charge on any atom is -0.386 e. The third-order valence-electron chi connectivity index (χ3n) is 3.13. The van der Waals surface area contributed by atoms with Crippen LogP contribution in [0.1, 0.15) is 39.5 Å². The summed E-state index contributed by atoms with van der Waals surface area (Å²) in [5.74, 6) is -0.0124. The van der Waals surface area contributed by atoms with E-state index in [2.05, 4.69) is 6.92 Å². The molecule has 1 saturated heterocycles. The number of nitrogens with two attached hydrogens (primary N) is 1. The molecule has 0 unspecified atom stereocenters. The lowest BCUT2D eigenvalue weighted by Crippen LogP contribution is -2.65. The van der Waals surface area contributed by atoms with E-state index in [0.29, 0.717) is 19.5 Å². The van der Waals surface area contributed by atoms with E-state index in [9.17, 15) is 9.90 Å². The summed E-state index contributed by atoms with van der Waals surface area (Å²) in [7, 11) is 0. The van der Waals surface area contributed by atoms with Crippen molar-refractivity contribution in [1.82, 2.24) is 4.90 Å². The van der Waals surface area contributed by atoms with E-state index in [1.807, 2.05) is 6.92 Å². The van der Waals surface area contributed by atoms with Crippen LogP contribution in [0.5, 0.6) is 0 Å². The van der Waals surface area contributed by atoms with Crippen LogP contribution in [0, 0.1) is 0 Å². The molecule has 4 nitrogen and oxygen atoms in total. The number of likely N-dealkylation sites (tertiary alicyclic amines) is 1. The Morgan fingerprint density at radius 1 is 1.53 bits per heavy atom. The van der Waals surface area contributed by atoms with Crippen molar-refractivity contribution >= 4 is 5.91 Å². The molecule has 0 aromatic carbocycles. The number of unbranched alkanes of at least 4 members (excludes halogenated alkanes) is 1. The molecule has 0 radical (unpaired) electrons. The molecular formula is C11H22N2O2. The van der Waals surface area contributed by atoms with Gasteiger partial charge in [-0.25, -0.2) is 0 Å². The molecule has 0 bridgehead atoms. The minimum atomic E-state index is -0.653. The van der Waals surface area contributed by atoms with Crippen LogP contribution in [-0.4, -0.2) is 40.6 Å². The Bertz CT molecular complexity index is 225. The lowest BCUT2D eigenvalue weighted by molar-refractivity contribution is -0.157. The smallest absolute Gasteiger partial charge is 0.239 e. The summed E-state index contributed by atoms with van der Waals surface area (Å²) < 4.78 is 0. The molecule has 1 aliphatic rings. The lowest BCUT2D eigenvalue weighted by Gasteiger charge is -2.46. The van der Waals surface area contributed by atoms with Gasteiger partial charge in [-0.3, -0.25) is 4.79 Å². The van der Waals surface area contributed by atoms with Crippen LogP contribution in [0.4, 0.5) is 0 Å². The van der Waals surface area contributed by atoms with Crippen molar-refractivity contribution in [2.24, 2.45) is 5.73 Å². The fraction of sp³-hybridized carbons (Fsp3) is 0.909. The zero-order valence-electron chi connectivity index (χ0n) is 9.70. The Balaban J connectivity index is 2.31. The van der Waals surface area contributed by atoms with Gasteiger partial charge in [0.25, 0.3) is 0 Å². The van der Waals surface area contributed by atoms with E-state index in [4.69, 9.17) is 5.73 Å². The van der Waals surface area contributed by atoms with Gasteiger partial charge in [-0.2, -0.15) is 0 Å². The number of amides is 1. The topological polar surface area (TPSA) is 66.6 Å². The van der Waals surface area contributed by atoms with Crippen molar-refractivity contribution in [1.29, 1.82) is 0 Å². The highest BCUT2D eigenvalue weighted by Gasteiger charge is 2.42. The number of carbonyl (C=O) groups excluding carboxylic acids is 1. The Kier molecular flexibility index (Phi) is 4.11. The van der Waals surface area contributed by atoms with Crippen LogP contribution in [0.2, 0.25) is 0 Å². The van der Waals surface area contributed by atoms with Crippen molar-refractivity contribution in [3.63, 3.8) is 0 Å². The normalized spacial score (nSPS) is 20.9. The number of hydrogen-bond donors (Lipinski definition) is 2. The first-order valence-corrected chi connectivity index (χ1v) is 5.79. The van der Waals surface area contributed by atoms with Gasteiger partial charge in [-0.1, -0.05) is 26.7 Å². The predicted molar refractivity (Wildman–Crippen MR) is 59.3 cm³/mol. The third kappa shape index (κ3) is 2.92. The van der Waals surface area contributed by atoms with Gasteiger partial charge >= 0.3 is 0 Å². The molecule has 15 heavy (non-hydrogen) atoms. The monoisotopic (exact) mass is 214 g/mol. The van der Waals surface area contributed by atoms with E-state index >= 15 is 0 Å². The van der Waals surface area contributed by atoms with Crippen LogP contribution in [-0.2, 0) is 4.79 Å². The second-order valence-corrected chi connectivity index (χ2v) is 4.52. The standard InChI is InChI=1S/C11H22N2O2/c1-3-5-6-9(12)10(14)13-7-11(15,4-2)8-13/h9,15H,3-8,12H2,1-2H3/t9-/m0/s1. The summed E-state index contributed by atoms with van der Waals surface area (Å²) in [6, 6.07) is -0.383. The van der Waals surface area contributed by atoms with Crippen molar-refractivity contribution in [3.05, 3.63) is 0 Å². The Labute approximate surface area is 91.4 Å². The van der Waals surface area contributed by atoms with Crippen LogP contribution >= 0.6 is 0 Å². The molecule has 1 atom stereocenters. The summed E-state index contributed by atoms with van der Waals surface area (Å²) >= 11 is 0. The number of hydrogen-bond acceptors (Lipinski definition) is 3. The van der Waals surface area contributed by atoms with Gasteiger partial charge in [0.15, 0.2) is 0 Å². The number of β-amino-alcohol motifs (C(OH)–C–C–N with tert-alkyl or cyclic N) is 1. The maximum absolute atomic E-state index is 11.7. The zero-order valence-corrected chi connectivity index (χ0v) is 9.70. The number of nitrogens with zero attached hydrogens (tertiary/aromatic N) is 1. The molecule has 1 fully saturated rings. The molecule has 0 aliphatic carbocycles. The number of aliphatic hydroxyl groups is 1. The van der Waals surface area contributed by atoms with E-state index < -0.39 is 5.60 Å². The zero-order chi connectivity index (χ0) is 11.5. The molecular weight excluding hydrogens is 192 g/mol. The van der Waals surface area contributed by atoms with Crippen molar-refractivity contribution in [2.45, 2.75) is 51.2 Å². The molecule has 0 aromatic rings. The van der Waals surface area contributed by atoms with Crippen molar-refractivity contribution < 1.29 is 9.90 Å². The summed E-state index contributed by atoms with van der Waals surface area (Å²) in [5.41, 5.74) is 5.12. The van der Waals surface area contributed by atoms with Gasteiger partial charge in [-0.15, -0.1) is 0 Å².